The quantitative estimate of drug-likeness (QED) is 0.649. The van der Waals surface area contributed by atoms with Crippen LogP contribution < -0.4 is 0 Å². The van der Waals surface area contributed by atoms with E-state index >= 15 is 0 Å². The topological polar surface area (TPSA) is 43.6 Å². The van der Waals surface area contributed by atoms with Crippen molar-refractivity contribution in [3.63, 3.8) is 0 Å². The fraction of sp³-hybridized carbons (Fsp3) is 0.111. The molecule has 1 aromatic heterocycles. The van der Waals surface area contributed by atoms with Crippen LogP contribution in [0.3, 0.4) is 0 Å². The average molecular weight is 173 g/mol. The molecule has 0 amide bonds. The summed E-state index contributed by atoms with van der Waals surface area (Å²) in [6.45, 7) is 5.63. The molecule has 0 bridgehead atoms. The maximum Gasteiger partial charge on any atom is 0.172 e. The zero-order valence-corrected chi connectivity index (χ0v) is 7.31. The second-order valence-corrected chi connectivity index (χ2v) is 2.80. The Morgan fingerprint density at radius 3 is 2.85 bits per heavy atom. The van der Waals surface area contributed by atoms with Crippen molar-refractivity contribution in [3.05, 3.63) is 42.6 Å². The van der Waals surface area contributed by atoms with E-state index < -0.39 is 0 Å². The Hall–Kier alpha value is -1.71. The molecule has 0 aliphatic heterocycles. The summed E-state index contributed by atoms with van der Waals surface area (Å²) in [6, 6.07) is 7.65. The van der Waals surface area contributed by atoms with Gasteiger partial charge in [0.2, 0.25) is 0 Å². The summed E-state index contributed by atoms with van der Waals surface area (Å²) in [5.74, 6) is 0.662. The van der Waals surface area contributed by atoms with Crippen LogP contribution in [0, 0.1) is 13.8 Å². The highest BCUT2D eigenvalue weighted by Gasteiger charge is 1.99. The van der Waals surface area contributed by atoms with Gasteiger partial charge in [-0.2, -0.15) is 0 Å². The molecule has 0 aliphatic carbocycles. The number of aromatic nitrogens is 4. The first-order valence-corrected chi connectivity index (χ1v) is 3.95. The number of aryl methyl sites for hydroxylation is 1. The van der Waals surface area contributed by atoms with Gasteiger partial charge >= 0.3 is 0 Å². The number of benzene rings is 1. The zero-order chi connectivity index (χ0) is 9.26. The predicted octanol–water partition coefficient (Wildman–Crippen LogP) is 1.15. The van der Waals surface area contributed by atoms with Crippen LogP contribution in [0.4, 0.5) is 0 Å². The standard InChI is InChI=1S/C9H9N4/c1-7-4-3-5-9(6-7)13-11-8(2)10-12-13/h3-6H,1H2,2H3. The maximum atomic E-state index is 4.09. The number of hydrogen-bond acceptors (Lipinski definition) is 3. The highest BCUT2D eigenvalue weighted by molar-refractivity contribution is 5.34. The molecule has 0 atom stereocenters. The lowest BCUT2D eigenvalue weighted by Gasteiger charge is -1.98. The molecule has 4 heteroatoms. The van der Waals surface area contributed by atoms with Gasteiger partial charge in [-0.15, -0.1) is 15.0 Å². The molecule has 1 aromatic carbocycles. The van der Waals surface area contributed by atoms with Gasteiger partial charge in [-0.25, -0.2) is 0 Å². The molecule has 65 valence electrons. The molecule has 2 rings (SSSR count). The minimum Gasteiger partial charge on any atom is -0.132 e. The first kappa shape index (κ1) is 7.91. The third-order valence-electron chi connectivity index (χ3n) is 1.66. The fourth-order valence-corrected chi connectivity index (χ4v) is 1.07. The number of nitrogens with zero attached hydrogens (tertiary/aromatic N) is 4. The van der Waals surface area contributed by atoms with Gasteiger partial charge in [-0.05, 0) is 36.8 Å². The number of hydrogen-bond donors (Lipinski definition) is 0. The molecule has 0 saturated heterocycles. The Morgan fingerprint density at radius 1 is 1.38 bits per heavy atom. The molecule has 13 heavy (non-hydrogen) atoms. The number of tetrazole rings is 1. The second-order valence-electron chi connectivity index (χ2n) is 2.80. The predicted molar refractivity (Wildman–Crippen MR) is 48.4 cm³/mol. The third kappa shape index (κ3) is 1.56. The SMILES string of the molecule is [CH2]c1cccc(-n2nnc(C)n2)c1. The largest absolute Gasteiger partial charge is 0.172 e. The molecule has 0 fully saturated rings. The highest BCUT2D eigenvalue weighted by atomic mass is 15.6. The average Bonchev–Trinajstić information content (AvgIpc) is 2.52. The molecule has 2 aromatic rings. The van der Waals surface area contributed by atoms with Crippen LogP contribution >= 0.6 is 0 Å². The molecular formula is C9H9N4. The van der Waals surface area contributed by atoms with Crippen molar-refractivity contribution in [1.29, 1.82) is 0 Å². The van der Waals surface area contributed by atoms with Crippen molar-refractivity contribution >= 4 is 0 Å². The van der Waals surface area contributed by atoms with E-state index in [-0.39, 0.29) is 0 Å². The van der Waals surface area contributed by atoms with E-state index in [4.69, 9.17) is 0 Å². The first-order valence-electron chi connectivity index (χ1n) is 3.95. The molecule has 0 saturated carbocycles. The Labute approximate surface area is 76.2 Å². The van der Waals surface area contributed by atoms with Crippen LogP contribution in [0.1, 0.15) is 11.4 Å². The smallest absolute Gasteiger partial charge is 0.132 e. The molecule has 4 nitrogen and oxygen atoms in total. The molecule has 0 spiro atoms. The minimum absolute atomic E-state index is 0.662. The van der Waals surface area contributed by atoms with Crippen LogP contribution in [0.5, 0.6) is 0 Å². The summed E-state index contributed by atoms with van der Waals surface area (Å²) >= 11 is 0. The summed E-state index contributed by atoms with van der Waals surface area (Å²) in [6.07, 6.45) is 0. The third-order valence-corrected chi connectivity index (χ3v) is 1.66. The molecule has 0 unspecified atom stereocenters. The van der Waals surface area contributed by atoms with Crippen LogP contribution in [0.2, 0.25) is 0 Å². The van der Waals surface area contributed by atoms with Crippen LogP contribution in [-0.4, -0.2) is 20.2 Å². The normalized spacial score (nSPS) is 10.3. The lowest BCUT2D eigenvalue weighted by molar-refractivity contribution is 0.718. The van der Waals surface area contributed by atoms with Crippen LogP contribution in [0.25, 0.3) is 5.69 Å². The molecular weight excluding hydrogens is 164 g/mol. The Kier molecular flexibility index (Phi) is 1.81. The maximum absolute atomic E-state index is 4.09. The van der Waals surface area contributed by atoms with Crippen molar-refractivity contribution in [2.45, 2.75) is 6.92 Å². The van der Waals surface area contributed by atoms with E-state index in [1.807, 2.05) is 24.3 Å². The van der Waals surface area contributed by atoms with Gasteiger partial charge < -0.3 is 0 Å². The van der Waals surface area contributed by atoms with Gasteiger partial charge in [0, 0.05) is 0 Å². The van der Waals surface area contributed by atoms with Crippen molar-refractivity contribution < 1.29 is 0 Å². The van der Waals surface area contributed by atoms with Gasteiger partial charge in [-0.1, -0.05) is 12.1 Å². The lowest BCUT2D eigenvalue weighted by atomic mass is 10.2. The van der Waals surface area contributed by atoms with Gasteiger partial charge in [-0.3, -0.25) is 0 Å². The molecule has 1 radical (unpaired) electrons. The number of rotatable bonds is 1. The van der Waals surface area contributed by atoms with Crippen molar-refractivity contribution in [2.24, 2.45) is 0 Å². The van der Waals surface area contributed by atoms with Gasteiger partial charge in [0.25, 0.3) is 0 Å². The van der Waals surface area contributed by atoms with E-state index in [0.29, 0.717) is 5.82 Å². The van der Waals surface area contributed by atoms with E-state index in [1.165, 1.54) is 4.80 Å². The zero-order valence-electron chi connectivity index (χ0n) is 7.31. The molecule has 0 N–H and O–H groups in total. The minimum atomic E-state index is 0.662. The Bertz CT molecular complexity index is 419. The summed E-state index contributed by atoms with van der Waals surface area (Å²) < 4.78 is 0. The van der Waals surface area contributed by atoms with Crippen molar-refractivity contribution in [3.8, 4) is 5.69 Å². The summed E-state index contributed by atoms with van der Waals surface area (Å²) in [7, 11) is 0. The van der Waals surface area contributed by atoms with Crippen LogP contribution in [-0.2, 0) is 0 Å². The van der Waals surface area contributed by atoms with Crippen molar-refractivity contribution in [2.75, 3.05) is 0 Å². The van der Waals surface area contributed by atoms with Gasteiger partial charge in [0.05, 0.1) is 5.69 Å². The second kappa shape index (κ2) is 2.97. The van der Waals surface area contributed by atoms with E-state index in [2.05, 4.69) is 22.3 Å². The van der Waals surface area contributed by atoms with Crippen LogP contribution in [0.15, 0.2) is 24.3 Å². The summed E-state index contributed by atoms with van der Waals surface area (Å²) in [5.41, 5.74) is 1.82. The fourth-order valence-electron chi connectivity index (χ4n) is 1.07. The molecule has 0 aliphatic rings. The van der Waals surface area contributed by atoms with E-state index in [0.717, 1.165) is 11.3 Å². The lowest BCUT2D eigenvalue weighted by Crippen LogP contribution is -1.98. The van der Waals surface area contributed by atoms with Crippen molar-refractivity contribution in [1.82, 2.24) is 20.2 Å². The summed E-state index contributed by atoms with van der Waals surface area (Å²) in [4.78, 5) is 1.49. The van der Waals surface area contributed by atoms with E-state index in [1.54, 1.807) is 6.92 Å². The Balaban J connectivity index is 2.46. The monoisotopic (exact) mass is 173 g/mol. The first-order chi connectivity index (χ1) is 6.25. The van der Waals surface area contributed by atoms with Gasteiger partial charge in [0.15, 0.2) is 5.82 Å². The summed E-state index contributed by atoms with van der Waals surface area (Å²) in [5, 5.41) is 11.7. The van der Waals surface area contributed by atoms with E-state index in [9.17, 15) is 0 Å². The Morgan fingerprint density at radius 2 is 2.23 bits per heavy atom. The highest BCUT2D eigenvalue weighted by Crippen LogP contribution is 2.06. The van der Waals surface area contributed by atoms with Gasteiger partial charge in [0.1, 0.15) is 0 Å². The molecule has 1 heterocycles.